The molecule has 2 aromatic carbocycles. The van der Waals surface area contributed by atoms with Gasteiger partial charge < -0.3 is 9.47 Å². The first-order chi connectivity index (χ1) is 13.9. The van der Waals surface area contributed by atoms with E-state index >= 15 is 0 Å². The lowest BCUT2D eigenvalue weighted by Crippen LogP contribution is -2.18. The van der Waals surface area contributed by atoms with Crippen LogP contribution in [0.5, 0.6) is 5.75 Å². The number of ether oxygens (including phenoxy) is 2. The first-order valence-electron chi connectivity index (χ1n) is 10.6. The number of carbonyl (C=O) groups excluding carboxylic acids is 1. The zero-order chi connectivity index (χ0) is 22.4. The molecular weight excluding hydrogens is 372 g/mol. The largest absolute Gasteiger partial charge is 0.493 e. The van der Waals surface area contributed by atoms with Gasteiger partial charge >= 0.3 is 0 Å². The van der Waals surface area contributed by atoms with E-state index < -0.39 is 0 Å². The number of Topliss-reactive ketones (excluding diaryl/α,β-unsaturated/α-hetero) is 1. The van der Waals surface area contributed by atoms with Crippen LogP contribution in [0.2, 0.25) is 0 Å². The smallest absolute Gasteiger partial charge is 0.170 e. The Morgan fingerprint density at radius 2 is 1.40 bits per heavy atom. The van der Waals surface area contributed by atoms with Crippen molar-refractivity contribution in [1.29, 1.82) is 0 Å². The lowest BCUT2D eigenvalue weighted by Gasteiger charge is -2.22. The Labute approximate surface area is 182 Å². The van der Waals surface area contributed by atoms with Crippen LogP contribution in [0, 0.1) is 5.41 Å². The van der Waals surface area contributed by atoms with Gasteiger partial charge in [0.15, 0.2) is 5.78 Å². The minimum absolute atomic E-state index is 0.0106. The Hall–Kier alpha value is -2.55. The van der Waals surface area contributed by atoms with E-state index in [1.807, 2.05) is 45.0 Å². The molecule has 0 unspecified atom stereocenters. The molecule has 0 amide bonds. The first kappa shape index (κ1) is 23.7. The molecule has 0 aliphatic rings. The summed E-state index contributed by atoms with van der Waals surface area (Å²) in [5.74, 6) is 1.66. The van der Waals surface area contributed by atoms with Crippen molar-refractivity contribution in [1.82, 2.24) is 0 Å². The Bertz CT molecular complexity index is 758. The highest BCUT2D eigenvalue weighted by molar-refractivity contribution is 5.80. The van der Waals surface area contributed by atoms with Gasteiger partial charge in [-0.15, -0.1) is 0 Å². The standard InChI is InChI=1S/C27H36O3/c1-20(30-27(5,6)7)8-9-21-10-12-22(13-11-21)23-14-16-25(17-15-23)29-19-24(28)18-26(2,3)4/h10-17H,1,8-9,18-19H2,2-7H3. The molecule has 0 saturated carbocycles. The number of allylic oxidation sites excluding steroid dienone is 1. The van der Waals surface area contributed by atoms with Crippen LogP contribution in [0.3, 0.4) is 0 Å². The fraction of sp³-hybridized carbons (Fsp3) is 0.444. The maximum atomic E-state index is 12.0. The molecular formula is C27H36O3. The van der Waals surface area contributed by atoms with Crippen molar-refractivity contribution in [3.63, 3.8) is 0 Å². The summed E-state index contributed by atoms with van der Waals surface area (Å²) in [7, 11) is 0. The van der Waals surface area contributed by atoms with Gasteiger partial charge in [-0.25, -0.2) is 0 Å². The van der Waals surface area contributed by atoms with Gasteiger partial charge in [0.05, 0.1) is 5.76 Å². The second-order valence-electron chi connectivity index (χ2n) is 10.0. The summed E-state index contributed by atoms with van der Waals surface area (Å²) < 4.78 is 11.4. The molecule has 30 heavy (non-hydrogen) atoms. The highest BCUT2D eigenvalue weighted by Gasteiger charge is 2.16. The molecule has 0 saturated heterocycles. The first-order valence-corrected chi connectivity index (χ1v) is 10.6. The maximum absolute atomic E-state index is 12.0. The zero-order valence-corrected chi connectivity index (χ0v) is 19.4. The van der Waals surface area contributed by atoms with Crippen molar-refractivity contribution in [2.24, 2.45) is 5.41 Å². The van der Waals surface area contributed by atoms with Gasteiger partial charge in [-0.05, 0) is 61.4 Å². The van der Waals surface area contributed by atoms with E-state index in [2.05, 4.69) is 51.6 Å². The number of benzene rings is 2. The molecule has 3 nitrogen and oxygen atoms in total. The fourth-order valence-corrected chi connectivity index (χ4v) is 3.18. The van der Waals surface area contributed by atoms with E-state index in [9.17, 15) is 4.79 Å². The second kappa shape index (κ2) is 9.97. The summed E-state index contributed by atoms with van der Waals surface area (Å²) in [6.45, 7) is 16.4. The van der Waals surface area contributed by atoms with E-state index in [-0.39, 0.29) is 23.4 Å². The summed E-state index contributed by atoms with van der Waals surface area (Å²) in [5.41, 5.74) is 3.32. The van der Waals surface area contributed by atoms with Gasteiger partial charge in [-0.3, -0.25) is 4.79 Å². The van der Waals surface area contributed by atoms with Crippen molar-refractivity contribution in [2.75, 3.05) is 6.61 Å². The molecule has 2 rings (SSSR count). The van der Waals surface area contributed by atoms with Gasteiger partial charge in [0.1, 0.15) is 18.0 Å². The minimum atomic E-state index is -0.198. The molecule has 0 aliphatic heterocycles. The zero-order valence-electron chi connectivity index (χ0n) is 19.4. The molecule has 0 N–H and O–H groups in total. The Morgan fingerprint density at radius 1 is 0.867 bits per heavy atom. The van der Waals surface area contributed by atoms with Crippen molar-refractivity contribution >= 4 is 5.78 Å². The molecule has 3 heteroatoms. The van der Waals surface area contributed by atoms with Crippen molar-refractivity contribution in [3.8, 4) is 16.9 Å². The molecule has 0 spiro atoms. The summed E-state index contributed by atoms with van der Waals surface area (Å²) >= 11 is 0. The summed E-state index contributed by atoms with van der Waals surface area (Å²) in [6.07, 6.45) is 2.24. The van der Waals surface area contributed by atoms with E-state index in [0.29, 0.717) is 6.42 Å². The molecule has 0 heterocycles. The van der Waals surface area contributed by atoms with Crippen molar-refractivity contribution in [3.05, 3.63) is 66.4 Å². The van der Waals surface area contributed by atoms with Gasteiger partial charge in [-0.1, -0.05) is 63.7 Å². The normalized spacial score (nSPS) is 11.8. The summed E-state index contributed by atoms with van der Waals surface area (Å²) in [5, 5.41) is 0. The van der Waals surface area contributed by atoms with Gasteiger partial charge in [-0.2, -0.15) is 0 Å². The number of hydrogen-bond acceptors (Lipinski definition) is 3. The molecule has 2 aromatic rings. The van der Waals surface area contributed by atoms with Crippen molar-refractivity contribution < 1.29 is 14.3 Å². The third-order valence-corrected chi connectivity index (χ3v) is 4.41. The van der Waals surface area contributed by atoms with E-state index in [4.69, 9.17) is 9.47 Å². The summed E-state index contributed by atoms with van der Waals surface area (Å²) in [6, 6.07) is 16.4. The number of hydrogen-bond donors (Lipinski definition) is 0. The molecule has 0 aliphatic carbocycles. The van der Waals surface area contributed by atoms with Crippen LogP contribution >= 0.6 is 0 Å². The third kappa shape index (κ3) is 8.86. The average Bonchev–Trinajstić information content (AvgIpc) is 2.63. The number of carbonyl (C=O) groups is 1. The molecule has 0 aromatic heterocycles. The van der Waals surface area contributed by atoms with E-state index in [0.717, 1.165) is 35.5 Å². The topological polar surface area (TPSA) is 35.5 Å². The molecule has 0 radical (unpaired) electrons. The predicted octanol–water partition coefficient (Wildman–Crippen LogP) is 7.00. The third-order valence-electron chi connectivity index (χ3n) is 4.41. The minimum Gasteiger partial charge on any atom is -0.493 e. The Morgan fingerprint density at radius 3 is 1.90 bits per heavy atom. The highest BCUT2D eigenvalue weighted by atomic mass is 16.5. The SMILES string of the molecule is C=C(CCc1ccc(-c2ccc(OCC(=O)CC(C)(C)C)cc2)cc1)OC(C)(C)C. The highest BCUT2D eigenvalue weighted by Crippen LogP contribution is 2.24. The summed E-state index contributed by atoms with van der Waals surface area (Å²) in [4.78, 5) is 12.0. The quantitative estimate of drug-likeness (QED) is 0.419. The molecule has 0 bridgehead atoms. The monoisotopic (exact) mass is 408 g/mol. The van der Waals surface area contributed by atoms with Crippen LogP contribution in [0.1, 0.15) is 59.9 Å². The van der Waals surface area contributed by atoms with Crippen LogP contribution in [0.25, 0.3) is 11.1 Å². The van der Waals surface area contributed by atoms with Crippen LogP contribution in [-0.4, -0.2) is 18.0 Å². The van der Waals surface area contributed by atoms with Crippen LogP contribution < -0.4 is 4.74 Å². The van der Waals surface area contributed by atoms with Crippen molar-refractivity contribution in [2.45, 2.75) is 66.4 Å². The van der Waals surface area contributed by atoms with Crippen LogP contribution in [-0.2, 0) is 16.0 Å². The number of rotatable bonds is 9. The van der Waals surface area contributed by atoms with Crippen LogP contribution in [0.4, 0.5) is 0 Å². The maximum Gasteiger partial charge on any atom is 0.170 e. The van der Waals surface area contributed by atoms with Gasteiger partial charge in [0, 0.05) is 12.8 Å². The predicted molar refractivity (Wildman–Crippen MR) is 125 cm³/mol. The molecule has 162 valence electrons. The molecule has 0 atom stereocenters. The van der Waals surface area contributed by atoms with E-state index in [1.165, 1.54) is 5.56 Å². The Kier molecular flexibility index (Phi) is 7.89. The van der Waals surface area contributed by atoms with Crippen LogP contribution in [0.15, 0.2) is 60.9 Å². The van der Waals surface area contributed by atoms with Gasteiger partial charge in [0.25, 0.3) is 0 Å². The lowest BCUT2D eigenvalue weighted by molar-refractivity contribution is -0.122. The lowest BCUT2D eigenvalue weighted by atomic mass is 9.90. The number of aryl methyl sites for hydroxylation is 1. The second-order valence-corrected chi connectivity index (χ2v) is 10.0. The molecule has 0 fully saturated rings. The number of ketones is 1. The average molecular weight is 409 g/mol. The Balaban J connectivity index is 1.88. The fourth-order valence-electron chi connectivity index (χ4n) is 3.18. The van der Waals surface area contributed by atoms with Gasteiger partial charge in [0.2, 0.25) is 0 Å². The van der Waals surface area contributed by atoms with E-state index in [1.54, 1.807) is 0 Å².